The maximum Gasteiger partial charge on any atom is 0.471 e. The van der Waals surface area contributed by atoms with Gasteiger partial charge in [0.05, 0.1) is 0 Å². The number of halogens is 5. The predicted molar refractivity (Wildman–Crippen MR) is 89.6 cm³/mol. The molecule has 9 heteroatoms. The van der Waals surface area contributed by atoms with Gasteiger partial charge in [-0.3, -0.25) is 14.5 Å². The summed E-state index contributed by atoms with van der Waals surface area (Å²) < 4.78 is 39.2. The quantitative estimate of drug-likeness (QED) is 0.701. The molecular formula is C16H17Cl2F3N2O2. The molecule has 0 saturated carbocycles. The first kappa shape index (κ1) is 19.8. The fourth-order valence-corrected chi connectivity index (χ4v) is 3.48. The SMILES string of the molecule is C[C@@H]1C(=O)N(c2cc(Cl)cc(Cl)c2)[C@H](C(C)(C)C)N1C(=O)C(F)(F)F. The van der Waals surface area contributed by atoms with E-state index in [4.69, 9.17) is 23.2 Å². The van der Waals surface area contributed by atoms with Crippen molar-refractivity contribution < 1.29 is 22.8 Å². The Bertz CT molecular complexity index is 696. The first-order valence-corrected chi connectivity index (χ1v) is 8.19. The molecule has 0 unspecified atom stereocenters. The highest BCUT2D eigenvalue weighted by Crippen LogP contribution is 2.41. The van der Waals surface area contributed by atoms with Crippen molar-refractivity contribution in [2.45, 2.75) is 46.1 Å². The molecule has 0 aliphatic carbocycles. The monoisotopic (exact) mass is 396 g/mol. The van der Waals surface area contributed by atoms with E-state index < -0.39 is 35.6 Å². The first-order valence-electron chi connectivity index (χ1n) is 7.44. The van der Waals surface area contributed by atoms with Crippen LogP contribution in [0.1, 0.15) is 27.7 Å². The minimum Gasteiger partial charge on any atom is -0.302 e. The molecule has 0 spiro atoms. The molecule has 0 bridgehead atoms. The van der Waals surface area contributed by atoms with E-state index in [1.54, 1.807) is 20.8 Å². The summed E-state index contributed by atoms with van der Waals surface area (Å²) in [6.07, 6.45) is -6.22. The molecule has 0 radical (unpaired) electrons. The number of nitrogens with zero attached hydrogens (tertiary/aromatic N) is 2. The normalized spacial score (nSPS) is 21.9. The van der Waals surface area contributed by atoms with E-state index in [2.05, 4.69) is 0 Å². The van der Waals surface area contributed by atoms with E-state index >= 15 is 0 Å². The molecule has 138 valence electrons. The third kappa shape index (κ3) is 3.72. The van der Waals surface area contributed by atoms with E-state index in [0.717, 1.165) is 4.90 Å². The highest BCUT2D eigenvalue weighted by Gasteiger charge is 2.57. The van der Waals surface area contributed by atoms with Crippen LogP contribution >= 0.6 is 23.2 Å². The Morgan fingerprint density at radius 1 is 1.08 bits per heavy atom. The summed E-state index contributed by atoms with van der Waals surface area (Å²) in [5.41, 5.74) is -0.609. The average molecular weight is 397 g/mol. The molecule has 1 fully saturated rings. The zero-order valence-corrected chi connectivity index (χ0v) is 15.5. The van der Waals surface area contributed by atoms with Gasteiger partial charge >= 0.3 is 12.1 Å². The van der Waals surface area contributed by atoms with Crippen molar-refractivity contribution in [3.05, 3.63) is 28.2 Å². The third-order valence-electron chi connectivity index (χ3n) is 3.90. The molecule has 1 saturated heterocycles. The topological polar surface area (TPSA) is 40.6 Å². The molecule has 0 N–H and O–H groups in total. The van der Waals surface area contributed by atoms with Crippen molar-refractivity contribution in [2.75, 3.05) is 4.90 Å². The number of benzene rings is 1. The van der Waals surface area contributed by atoms with Crippen LogP contribution in [0.25, 0.3) is 0 Å². The predicted octanol–water partition coefficient (Wildman–Crippen LogP) is 4.49. The number of anilines is 1. The summed E-state index contributed by atoms with van der Waals surface area (Å²) in [5.74, 6) is -2.68. The number of carbonyl (C=O) groups is 2. The molecular weight excluding hydrogens is 380 g/mol. The van der Waals surface area contributed by atoms with E-state index in [1.807, 2.05) is 0 Å². The molecule has 1 heterocycles. The van der Waals surface area contributed by atoms with Gasteiger partial charge in [0.2, 0.25) is 0 Å². The van der Waals surface area contributed by atoms with E-state index in [9.17, 15) is 22.8 Å². The van der Waals surface area contributed by atoms with Crippen LogP contribution in [0.2, 0.25) is 10.0 Å². The van der Waals surface area contributed by atoms with Crippen molar-refractivity contribution in [1.29, 1.82) is 0 Å². The maximum atomic E-state index is 13.1. The Hall–Kier alpha value is -1.47. The van der Waals surface area contributed by atoms with Gasteiger partial charge in [0.15, 0.2) is 0 Å². The van der Waals surface area contributed by atoms with Gasteiger partial charge in [-0.2, -0.15) is 13.2 Å². The van der Waals surface area contributed by atoms with Crippen molar-refractivity contribution in [2.24, 2.45) is 5.41 Å². The molecule has 1 aliphatic rings. The van der Waals surface area contributed by atoms with Gasteiger partial charge < -0.3 is 4.90 Å². The summed E-state index contributed by atoms with van der Waals surface area (Å²) in [6, 6.07) is 3.04. The minimum absolute atomic E-state index is 0.233. The zero-order valence-electron chi connectivity index (χ0n) is 14.0. The lowest BCUT2D eigenvalue weighted by Gasteiger charge is -2.40. The molecule has 1 aromatic rings. The van der Waals surface area contributed by atoms with Crippen LogP contribution in [0.15, 0.2) is 18.2 Å². The van der Waals surface area contributed by atoms with Gasteiger partial charge in [0.1, 0.15) is 12.2 Å². The van der Waals surface area contributed by atoms with Crippen molar-refractivity contribution in [3.63, 3.8) is 0 Å². The fraction of sp³-hybridized carbons (Fsp3) is 0.500. The lowest BCUT2D eigenvalue weighted by atomic mass is 9.90. The van der Waals surface area contributed by atoms with Crippen LogP contribution in [-0.2, 0) is 9.59 Å². The standard InChI is InChI=1S/C16H17Cl2F3N2O2/c1-8-12(24)23(11-6-9(17)5-10(18)7-11)13(15(2,3)4)22(8)14(25)16(19,20)21/h5-8,13H,1-4H3/t8-,13-/m1/s1. The number of rotatable bonds is 1. The van der Waals surface area contributed by atoms with Crippen LogP contribution < -0.4 is 4.90 Å². The second-order valence-corrected chi connectivity index (χ2v) is 7.83. The molecule has 25 heavy (non-hydrogen) atoms. The smallest absolute Gasteiger partial charge is 0.302 e. The molecule has 1 aliphatic heterocycles. The van der Waals surface area contributed by atoms with Crippen molar-refractivity contribution in [1.82, 2.24) is 4.90 Å². The Balaban J connectivity index is 2.63. The summed E-state index contributed by atoms with van der Waals surface area (Å²) in [4.78, 5) is 26.4. The molecule has 2 amide bonds. The van der Waals surface area contributed by atoms with Gasteiger partial charge in [0.25, 0.3) is 5.91 Å². The van der Waals surface area contributed by atoms with Gasteiger partial charge in [-0.05, 0) is 25.1 Å². The second-order valence-electron chi connectivity index (χ2n) is 6.96. The largest absolute Gasteiger partial charge is 0.471 e. The van der Waals surface area contributed by atoms with Crippen LogP contribution in [0.3, 0.4) is 0 Å². The Kier molecular flexibility index (Phi) is 5.05. The highest BCUT2D eigenvalue weighted by atomic mass is 35.5. The van der Waals surface area contributed by atoms with E-state index in [-0.39, 0.29) is 15.7 Å². The summed E-state index contributed by atoms with van der Waals surface area (Å²) in [7, 11) is 0. The summed E-state index contributed by atoms with van der Waals surface area (Å²) in [5, 5.41) is 0.465. The van der Waals surface area contributed by atoms with Gasteiger partial charge in [-0.25, -0.2) is 0 Å². The second kappa shape index (κ2) is 6.36. The number of amides is 2. The zero-order chi connectivity index (χ0) is 19.3. The average Bonchev–Trinajstić information content (AvgIpc) is 2.68. The number of hydrogen-bond acceptors (Lipinski definition) is 2. The van der Waals surface area contributed by atoms with Crippen LogP contribution in [-0.4, -0.2) is 35.1 Å². The van der Waals surface area contributed by atoms with E-state index in [1.165, 1.54) is 25.1 Å². The van der Waals surface area contributed by atoms with Crippen LogP contribution in [0, 0.1) is 5.41 Å². The highest BCUT2D eigenvalue weighted by molar-refractivity contribution is 6.35. The molecule has 1 aromatic carbocycles. The number of carbonyl (C=O) groups excluding carboxylic acids is 2. The maximum absolute atomic E-state index is 13.1. The molecule has 2 rings (SSSR count). The van der Waals surface area contributed by atoms with Crippen LogP contribution in [0.4, 0.5) is 18.9 Å². The van der Waals surface area contributed by atoms with Crippen LogP contribution in [0.5, 0.6) is 0 Å². The summed E-state index contributed by atoms with van der Waals surface area (Å²) >= 11 is 11.9. The van der Waals surface area contributed by atoms with Crippen molar-refractivity contribution >= 4 is 40.7 Å². The third-order valence-corrected chi connectivity index (χ3v) is 4.33. The Labute approximate surface area is 153 Å². The Morgan fingerprint density at radius 3 is 1.96 bits per heavy atom. The van der Waals surface area contributed by atoms with Gasteiger partial charge in [-0.15, -0.1) is 0 Å². The van der Waals surface area contributed by atoms with Gasteiger partial charge in [0, 0.05) is 21.1 Å². The van der Waals surface area contributed by atoms with Crippen molar-refractivity contribution in [3.8, 4) is 0 Å². The molecule has 0 aromatic heterocycles. The summed E-state index contributed by atoms with van der Waals surface area (Å²) in [6.45, 7) is 6.23. The number of hydrogen-bond donors (Lipinski definition) is 0. The fourth-order valence-electron chi connectivity index (χ4n) is 2.96. The first-order chi connectivity index (χ1) is 11.2. The Morgan fingerprint density at radius 2 is 1.56 bits per heavy atom. The molecule has 2 atom stereocenters. The van der Waals surface area contributed by atoms with Gasteiger partial charge in [-0.1, -0.05) is 44.0 Å². The van der Waals surface area contributed by atoms with E-state index in [0.29, 0.717) is 4.90 Å². The lowest BCUT2D eigenvalue weighted by Crippen LogP contribution is -2.55. The lowest BCUT2D eigenvalue weighted by molar-refractivity contribution is -0.190. The minimum atomic E-state index is -5.08. The number of alkyl halides is 3. The molecule has 4 nitrogen and oxygen atoms in total.